The Balaban J connectivity index is 2.06. The first-order chi connectivity index (χ1) is 12.2. The molecular weight excluding hydrogens is 354 g/mol. The Morgan fingerprint density at radius 2 is 1.81 bits per heavy atom. The van der Waals surface area contributed by atoms with Crippen molar-refractivity contribution in [2.24, 2.45) is 5.14 Å². The standard InChI is InChI=1S/C18H23N3O4S/c1-12(16-9-4-5-10-17(16)25-3)20-13(2)18(22)21-14-7-6-8-15(11-14)26(19,23)24/h4-13,20H,1-3H3,(H,21,22)(H2,19,23,24)/t12-,13-/m1/s1. The van der Waals surface area contributed by atoms with E-state index in [0.717, 1.165) is 11.3 Å². The zero-order valence-corrected chi connectivity index (χ0v) is 15.7. The monoisotopic (exact) mass is 377 g/mol. The van der Waals surface area contributed by atoms with Crippen LogP contribution in [0.15, 0.2) is 53.4 Å². The van der Waals surface area contributed by atoms with E-state index in [0.29, 0.717) is 5.69 Å². The summed E-state index contributed by atoms with van der Waals surface area (Å²) >= 11 is 0. The largest absolute Gasteiger partial charge is 0.496 e. The molecule has 1 amide bonds. The number of carbonyl (C=O) groups excluding carboxylic acids is 1. The van der Waals surface area contributed by atoms with Crippen molar-refractivity contribution in [3.63, 3.8) is 0 Å². The lowest BCUT2D eigenvalue weighted by Gasteiger charge is -2.21. The van der Waals surface area contributed by atoms with Crippen LogP contribution in [0.4, 0.5) is 5.69 Å². The fourth-order valence-electron chi connectivity index (χ4n) is 2.57. The molecule has 4 N–H and O–H groups in total. The summed E-state index contributed by atoms with van der Waals surface area (Å²) in [5, 5.41) is 11.0. The summed E-state index contributed by atoms with van der Waals surface area (Å²) in [5.74, 6) is 0.444. The van der Waals surface area contributed by atoms with Gasteiger partial charge in [0.15, 0.2) is 0 Å². The van der Waals surface area contributed by atoms with Crippen LogP contribution in [0, 0.1) is 0 Å². The molecule has 2 atom stereocenters. The summed E-state index contributed by atoms with van der Waals surface area (Å²) in [4.78, 5) is 12.4. The Labute approximate surface area is 153 Å². The number of ether oxygens (including phenoxy) is 1. The predicted octanol–water partition coefficient (Wildman–Crippen LogP) is 2.02. The Kier molecular flexibility index (Phi) is 6.36. The molecule has 2 aromatic carbocycles. The Hall–Kier alpha value is -2.42. The lowest BCUT2D eigenvalue weighted by atomic mass is 10.1. The molecular formula is C18H23N3O4S. The van der Waals surface area contributed by atoms with Crippen LogP contribution in [-0.2, 0) is 14.8 Å². The SMILES string of the molecule is COc1ccccc1[C@@H](C)N[C@H](C)C(=O)Nc1cccc(S(N)(=O)=O)c1. The second kappa shape index (κ2) is 8.31. The molecule has 0 radical (unpaired) electrons. The summed E-state index contributed by atoms with van der Waals surface area (Å²) in [5.41, 5.74) is 1.30. The number of primary sulfonamides is 1. The number of nitrogens with two attached hydrogens (primary N) is 1. The lowest BCUT2D eigenvalue weighted by molar-refractivity contribution is -0.117. The average molecular weight is 377 g/mol. The molecule has 0 bridgehead atoms. The van der Waals surface area contributed by atoms with Crippen molar-refractivity contribution in [1.82, 2.24) is 5.32 Å². The summed E-state index contributed by atoms with van der Waals surface area (Å²) < 4.78 is 28.2. The maximum atomic E-state index is 12.4. The topological polar surface area (TPSA) is 111 Å². The van der Waals surface area contributed by atoms with E-state index in [2.05, 4.69) is 10.6 Å². The van der Waals surface area contributed by atoms with Crippen LogP contribution in [0.2, 0.25) is 0 Å². The highest BCUT2D eigenvalue weighted by Crippen LogP contribution is 2.24. The molecule has 8 heteroatoms. The minimum Gasteiger partial charge on any atom is -0.496 e. The Morgan fingerprint density at radius 1 is 1.12 bits per heavy atom. The number of amides is 1. The van der Waals surface area contributed by atoms with Gasteiger partial charge in [-0.1, -0.05) is 24.3 Å². The molecule has 0 fully saturated rings. The van der Waals surface area contributed by atoms with Crippen LogP contribution in [-0.4, -0.2) is 27.5 Å². The zero-order valence-electron chi connectivity index (χ0n) is 14.9. The fourth-order valence-corrected chi connectivity index (χ4v) is 3.13. The van der Waals surface area contributed by atoms with Gasteiger partial charge >= 0.3 is 0 Å². The van der Waals surface area contributed by atoms with Crippen LogP contribution >= 0.6 is 0 Å². The molecule has 0 aromatic heterocycles. The summed E-state index contributed by atoms with van der Waals surface area (Å²) in [6, 6.07) is 12.7. The first-order valence-corrected chi connectivity index (χ1v) is 9.59. The summed E-state index contributed by atoms with van der Waals surface area (Å²) in [7, 11) is -2.23. The van der Waals surface area contributed by atoms with Gasteiger partial charge in [0.1, 0.15) is 5.75 Å². The number of hydrogen-bond acceptors (Lipinski definition) is 5. The van der Waals surface area contributed by atoms with E-state index in [1.807, 2.05) is 31.2 Å². The van der Waals surface area contributed by atoms with Crippen molar-refractivity contribution in [2.45, 2.75) is 30.8 Å². The molecule has 0 saturated heterocycles. The number of anilines is 1. The predicted molar refractivity (Wildman–Crippen MR) is 100 cm³/mol. The third-order valence-electron chi connectivity index (χ3n) is 3.93. The van der Waals surface area contributed by atoms with Gasteiger partial charge in [-0.2, -0.15) is 0 Å². The molecule has 0 aliphatic heterocycles. The van der Waals surface area contributed by atoms with Gasteiger partial charge < -0.3 is 10.1 Å². The molecule has 2 rings (SSSR count). The Bertz CT molecular complexity index is 884. The number of sulfonamides is 1. The van der Waals surface area contributed by atoms with E-state index in [9.17, 15) is 13.2 Å². The molecule has 2 aromatic rings. The summed E-state index contributed by atoms with van der Waals surface area (Å²) in [6.45, 7) is 3.66. The minimum absolute atomic E-state index is 0.0571. The number of carbonyl (C=O) groups is 1. The highest BCUT2D eigenvalue weighted by atomic mass is 32.2. The number of hydrogen-bond donors (Lipinski definition) is 3. The van der Waals surface area contributed by atoms with E-state index in [1.165, 1.54) is 18.2 Å². The molecule has 0 aliphatic carbocycles. The first-order valence-electron chi connectivity index (χ1n) is 8.05. The molecule has 0 heterocycles. The average Bonchev–Trinajstić information content (AvgIpc) is 2.61. The summed E-state index contributed by atoms with van der Waals surface area (Å²) in [6.07, 6.45) is 0. The van der Waals surface area contributed by atoms with Crippen molar-refractivity contribution in [2.75, 3.05) is 12.4 Å². The number of para-hydroxylation sites is 1. The fraction of sp³-hybridized carbons (Fsp3) is 0.278. The van der Waals surface area contributed by atoms with Gasteiger partial charge in [0.05, 0.1) is 18.0 Å². The van der Waals surface area contributed by atoms with Crippen molar-refractivity contribution in [3.05, 3.63) is 54.1 Å². The van der Waals surface area contributed by atoms with Crippen LogP contribution in [0.25, 0.3) is 0 Å². The van der Waals surface area contributed by atoms with Gasteiger partial charge in [-0.25, -0.2) is 13.6 Å². The van der Waals surface area contributed by atoms with Crippen molar-refractivity contribution in [3.8, 4) is 5.75 Å². The quantitative estimate of drug-likeness (QED) is 0.684. The highest BCUT2D eigenvalue weighted by molar-refractivity contribution is 7.89. The van der Waals surface area contributed by atoms with Gasteiger partial charge in [0, 0.05) is 17.3 Å². The minimum atomic E-state index is -3.82. The maximum absolute atomic E-state index is 12.4. The molecule has 0 spiro atoms. The maximum Gasteiger partial charge on any atom is 0.241 e. The lowest BCUT2D eigenvalue weighted by Crippen LogP contribution is -2.39. The van der Waals surface area contributed by atoms with Crippen molar-refractivity contribution in [1.29, 1.82) is 0 Å². The van der Waals surface area contributed by atoms with Gasteiger partial charge in [-0.15, -0.1) is 0 Å². The van der Waals surface area contributed by atoms with Crippen molar-refractivity contribution < 1.29 is 17.9 Å². The molecule has 0 saturated carbocycles. The van der Waals surface area contributed by atoms with E-state index < -0.39 is 16.1 Å². The number of rotatable bonds is 7. The van der Waals surface area contributed by atoms with E-state index >= 15 is 0 Å². The van der Waals surface area contributed by atoms with Gasteiger partial charge in [0.2, 0.25) is 15.9 Å². The van der Waals surface area contributed by atoms with Crippen LogP contribution in [0.3, 0.4) is 0 Å². The Morgan fingerprint density at radius 3 is 2.46 bits per heavy atom. The highest BCUT2D eigenvalue weighted by Gasteiger charge is 2.19. The van der Waals surface area contributed by atoms with Crippen molar-refractivity contribution >= 4 is 21.6 Å². The normalized spacial score (nSPS) is 13.7. The smallest absolute Gasteiger partial charge is 0.241 e. The second-order valence-corrected chi connectivity index (χ2v) is 7.48. The molecule has 0 aliphatic rings. The molecule has 26 heavy (non-hydrogen) atoms. The van der Waals surface area contributed by atoms with Gasteiger partial charge in [-0.05, 0) is 38.1 Å². The third kappa shape index (κ3) is 5.04. The van der Waals surface area contributed by atoms with Gasteiger partial charge in [-0.3, -0.25) is 10.1 Å². The van der Waals surface area contributed by atoms with E-state index in [-0.39, 0.29) is 16.8 Å². The van der Waals surface area contributed by atoms with E-state index in [1.54, 1.807) is 20.1 Å². The molecule has 0 unspecified atom stereocenters. The van der Waals surface area contributed by atoms with Gasteiger partial charge in [0.25, 0.3) is 0 Å². The molecule has 7 nitrogen and oxygen atoms in total. The van der Waals surface area contributed by atoms with E-state index in [4.69, 9.17) is 9.88 Å². The number of benzene rings is 2. The number of nitrogens with one attached hydrogen (secondary N) is 2. The first kappa shape index (κ1) is 19.9. The van der Waals surface area contributed by atoms with Crippen LogP contribution < -0.4 is 20.5 Å². The zero-order chi connectivity index (χ0) is 19.3. The second-order valence-electron chi connectivity index (χ2n) is 5.91. The molecule has 140 valence electrons. The third-order valence-corrected chi connectivity index (χ3v) is 4.84. The van der Waals surface area contributed by atoms with Crippen LogP contribution in [0.1, 0.15) is 25.5 Å². The number of methoxy groups -OCH3 is 1. The van der Waals surface area contributed by atoms with Crippen LogP contribution in [0.5, 0.6) is 5.75 Å².